The summed E-state index contributed by atoms with van der Waals surface area (Å²) >= 11 is 0. The molecule has 1 heterocycles. The maximum atomic E-state index is 12.5. The number of hydrogen-bond acceptors (Lipinski definition) is 4. The fraction of sp³-hybridized carbons (Fsp3) is 0.571. The molecule has 1 fully saturated rings. The van der Waals surface area contributed by atoms with Crippen molar-refractivity contribution >= 4 is 15.9 Å². The summed E-state index contributed by atoms with van der Waals surface area (Å²) in [6.07, 6.45) is 2.71. The Hall–Kier alpha value is -1.31. The fourth-order valence-electron chi connectivity index (χ4n) is 2.55. The van der Waals surface area contributed by atoms with E-state index in [-0.39, 0.29) is 6.04 Å². The first-order chi connectivity index (χ1) is 10.1. The molecule has 0 spiro atoms. The number of hydrogen-bond donors (Lipinski definition) is 2. The summed E-state index contributed by atoms with van der Waals surface area (Å²) in [5.74, 6) is 0.645. The third kappa shape index (κ3) is 4.09. The van der Waals surface area contributed by atoms with Crippen LogP contribution in [0, 0.1) is 0 Å². The lowest BCUT2D eigenvalue weighted by atomic mass is 10.1. The van der Waals surface area contributed by atoms with Crippen LogP contribution in [-0.4, -0.2) is 38.5 Å². The van der Waals surface area contributed by atoms with Crippen molar-refractivity contribution in [1.82, 2.24) is 4.31 Å². The third-order valence-electron chi connectivity index (χ3n) is 3.55. The van der Waals surface area contributed by atoms with Gasteiger partial charge in [0.15, 0.2) is 0 Å². The molecule has 118 valence electrons. The molecule has 0 bridgehead atoms. The van der Waals surface area contributed by atoms with Gasteiger partial charge in [-0.2, -0.15) is 12.7 Å². The van der Waals surface area contributed by atoms with Crippen LogP contribution < -0.4 is 15.2 Å². The Morgan fingerprint density at radius 3 is 2.95 bits per heavy atom. The molecule has 1 atom stereocenters. The zero-order valence-electron chi connectivity index (χ0n) is 12.3. The summed E-state index contributed by atoms with van der Waals surface area (Å²) in [4.78, 5) is 0. The highest BCUT2D eigenvalue weighted by atomic mass is 32.2. The average molecular weight is 313 g/mol. The van der Waals surface area contributed by atoms with Gasteiger partial charge in [0.25, 0.3) is 0 Å². The van der Waals surface area contributed by atoms with Gasteiger partial charge in [0.1, 0.15) is 5.75 Å². The van der Waals surface area contributed by atoms with Crippen LogP contribution in [0.5, 0.6) is 5.75 Å². The monoisotopic (exact) mass is 313 g/mol. The van der Waals surface area contributed by atoms with Crippen molar-refractivity contribution in [3.05, 3.63) is 24.3 Å². The summed E-state index contributed by atoms with van der Waals surface area (Å²) in [5.41, 5.74) is 6.20. The van der Waals surface area contributed by atoms with Gasteiger partial charge in [0.05, 0.1) is 12.3 Å². The second kappa shape index (κ2) is 7.11. The number of anilines is 1. The highest BCUT2D eigenvalue weighted by Crippen LogP contribution is 2.23. The first-order valence-corrected chi connectivity index (χ1v) is 8.73. The van der Waals surface area contributed by atoms with Crippen LogP contribution in [0.1, 0.15) is 26.2 Å². The lowest BCUT2D eigenvalue weighted by Crippen LogP contribution is -2.49. The molecule has 1 aromatic rings. The van der Waals surface area contributed by atoms with Crippen molar-refractivity contribution in [3.8, 4) is 5.75 Å². The van der Waals surface area contributed by atoms with Crippen LogP contribution in [0.25, 0.3) is 0 Å². The number of piperidine rings is 1. The summed E-state index contributed by atoms with van der Waals surface area (Å²) in [5, 5.41) is 0. The summed E-state index contributed by atoms with van der Waals surface area (Å²) in [7, 11) is -3.58. The van der Waals surface area contributed by atoms with E-state index in [1.54, 1.807) is 24.3 Å². The molecular formula is C14H23N3O3S. The predicted molar refractivity (Wildman–Crippen MR) is 83.6 cm³/mol. The Kier molecular flexibility index (Phi) is 5.44. The van der Waals surface area contributed by atoms with E-state index in [1.165, 1.54) is 4.31 Å². The van der Waals surface area contributed by atoms with Crippen molar-refractivity contribution in [2.24, 2.45) is 5.73 Å². The third-order valence-corrected chi connectivity index (χ3v) is 5.14. The standard InChI is InChI=1S/C14H23N3O3S/c1-2-20-14-8-5-6-12(10-14)16-21(18,19)17-9-4-3-7-13(17)11-15/h5-6,8,10,13,16H,2-4,7,9,11,15H2,1H3. The lowest BCUT2D eigenvalue weighted by molar-refractivity contribution is 0.259. The normalized spacial score (nSPS) is 20.2. The Morgan fingerprint density at radius 2 is 2.24 bits per heavy atom. The molecule has 0 radical (unpaired) electrons. The molecule has 2 rings (SSSR count). The molecule has 1 unspecified atom stereocenters. The molecule has 7 heteroatoms. The minimum atomic E-state index is -3.58. The zero-order chi connectivity index (χ0) is 15.3. The van der Waals surface area contributed by atoms with Gasteiger partial charge in [-0.05, 0) is 31.9 Å². The molecule has 1 aromatic carbocycles. The number of ether oxygens (including phenoxy) is 1. The number of nitrogens with one attached hydrogen (secondary N) is 1. The minimum Gasteiger partial charge on any atom is -0.494 e. The highest BCUT2D eigenvalue weighted by Gasteiger charge is 2.31. The van der Waals surface area contributed by atoms with Crippen LogP contribution in [-0.2, 0) is 10.2 Å². The number of nitrogens with two attached hydrogens (primary N) is 1. The van der Waals surface area contributed by atoms with Gasteiger partial charge < -0.3 is 10.5 Å². The molecule has 1 aliphatic heterocycles. The maximum Gasteiger partial charge on any atom is 0.301 e. The van der Waals surface area contributed by atoms with E-state index in [0.717, 1.165) is 19.3 Å². The van der Waals surface area contributed by atoms with Crippen molar-refractivity contribution in [1.29, 1.82) is 0 Å². The topological polar surface area (TPSA) is 84.7 Å². The summed E-state index contributed by atoms with van der Waals surface area (Å²) < 4.78 is 34.5. The van der Waals surface area contributed by atoms with E-state index in [4.69, 9.17) is 10.5 Å². The Balaban J connectivity index is 2.14. The Morgan fingerprint density at radius 1 is 1.43 bits per heavy atom. The molecule has 3 N–H and O–H groups in total. The number of benzene rings is 1. The Labute approximate surface area is 126 Å². The average Bonchev–Trinajstić information content (AvgIpc) is 2.47. The Bertz CT molecular complexity index is 562. The minimum absolute atomic E-state index is 0.119. The van der Waals surface area contributed by atoms with E-state index >= 15 is 0 Å². The molecule has 0 aromatic heterocycles. The fourth-order valence-corrected chi connectivity index (χ4v) is 4.05. The van der Waals surface area contributed by atoms with Crippen LogP contribution in [0.3, 0.4) is 0 Å². The summed E-state index contributed by atoms with van der Waals surface area (Å²) in [6, 6.07) is 6.83. The molecule has 6 nitrogen and oxygen atoms in total. The van der Waals surface area contributed by atoms with Crippen molar-refractivity contribution in [2.45, 2.75) is 32.2 Å². The lowest BCUT2D eigenvalue weighted by Gasteiger charge is -2.33. The quantitative estimate of drug-likeness (QED) is 0.834. The molecule has 0 amide bonds. The second-order valence-corrected chi connectivity index (χ2v) is 6.69. The number of rotatable bonds is 6. The van der Waals surface area contributed by atoms with Gasteiger partial charge in [-0.1, -0.05) is 12.5 Å². The number of nitrogens with zero attached hydrogens (tertiary/aromatic N) is 1. The molecule has 1 aliphatic rings. The van der Waals surface area contributed by atoms with Crippen LogP contribution >= 0.6 is 0 Å². The molecular weight excluding hydrogens is 290 g/mol. The van der Waals surface area contributed by atoms with E-state index < -0.39 is 10.2 Å². The molecule has 0 aliphatic carbocycles. The summed E-state index contributed by atoms with van der Waals surface area (Å²) in [6.45, 7) is 3.29. The SMILES string of the molecule is CCOc1cccc(NS(=O)(=O)N2CCCCC2CN)c1. The van der Waals surface area contributed by atoms with Crippen molar-refractivity contribution in [3.63, 3.8) is 0 Å². The van der Waals surface area contributed by atoms with Gasteiger partial charge in [0, 0.05) is 25.2 Å². The van der Waals surface area contributed by atoms with Gasteiger partial charge in [0.2, 0.25) is 0 Å². The smallest absolute Gasteiger partial charge is 0.301 e. The van der Waals surface area contributed by atoms with Gasteiger partial charge in [-0.25, -0.2) is 0 Å². The molecule has 1 saturated heterocycles. The van der Waals surface area contributed by atoms with E-state index in [0.29, 0.717) is 31.1 Å². The van der Waals surface area contributed by atoms with Crippen LogP contribution in [0.2, 0.25) is 0 Å². The van der Waals surface area contributed by atoms with Gasteiger partial charge in [-0.3, -0.25) is 4.72 Å². The van der Waals surface area contributed by atoms with Crippen molar-refractivity contribution < 1.29 is 13.2 Å². The first kappa shape index (κ1) is 16.1. The first-order valence-electron chi connectivity index (χ1n) is 7.29. The zero-order valence-corrected chi connectivity index (χ0v) is 13.1. The van der Waals surface area contributed by atoms with Crippen LogP contribution in [0.4, 0.5) is 5.69 Å². The van der Waals surface area contributed by atoms with Crippen LogP contribution in [0.15, 0.2) is 24.3 Å². The second-order valence-electron chi connectivity index (χ2n) is 5.06. The molecule has 21 heavy (non-hydrogen) atoms. The van der Waals surface area contributed by atoms with Gasteiger partial charge in [-0.15, -0.1) is 0 Å². The van der Waals surface area contributed by atoms with Crippen molar-refractivity contribution in [2.75, 3.05) is 24.4 Å². The predicted octanol–water partition coefficient (Wildman–Crippen LogP) is 1.56. The highest BCUT2D eigenvalue weighted by molar-refractivity contribution is 7.90. The largest absolute Gasteiger partial charge is 0.494 e. The maximum absolute atomic E-state index is 12.5. The van der Waals surface area contributed by atoms with E-state index in [9.17, 15) is 8.42 Å². The van der Waals surface area contributed by atoms with E-state index in [1.807, 2.05) is 6.92 Å². The molecule has 0 saturated carbocycles. The van der Waals surface area contributed by atoms with Gasteiger partial charge >= 0.3 is 10.2 Å². The van der Waals surface area contributed by atoms with E-state index in [2.05, 4.69) is 4.72 Å².